The van der Waals surface area contributed by atoms with Crippen LogP contribution in [0.1, 0.15) is 5.56 Å². The van der Waals surface area contributed by atoms with Gasteiger partial charge in [-0.15, -0.1) is 0 Å². The summed E-state index contributed by atoms with van der Waals surface area (Å²) in [6.45, 7) is 1.88. The number of ether oxygens (including phenoxy) is 2. The van der Waals surface area contributed by atoms with Crippen molar-refractivity contribution < 1.29 is 23.1 Å². The maximum absolute atomic E-state index is 12.6. The topological polar surface area (TPSA) is 78.9 Å². The van der Waals surface area contributed by atoms with E-state index in [0.29, 0.717) is 11.0 Å². The van der Waals surface area contributed by atoms with Crippen molar-refractivity contribution in [3.8, 4) is 17.3 Å². The Kier molecular flexibility index (Phi) is 3.42. The molecule has 1 aromatic carbocycles. The summed E-state index contributed by atoms with van der Waals surface area (Å²) in [4.78, 5) is 24.0. The fourth-order valence-electron chi connectivity index (χ4n) is 2.07. The van der Waals surface area contributed by atoms with Crippen molar-refractivity contribution in [3.05, 3.63) is 52.4 Å². The molecule has 22 heavy (non-hydrogen) atoms. The molecular formula is C16H12O6. The van der Waals surface area contributed by atoms with Crippen molar-refractivity contribution in [2.45, 2.75) is 6.92 Å². The number of benzene rings is 1. The minimum atomic E-state index is -1.01. The van der Waals surface area contributed by atoms with Gasteiger partial charge < -0.3 is 18.3 Å². The molecule has 0 atom stereocenters. The molecule has 0 bridgehead atoms. The number of methoxy groups -OCH3 is 1. The lowest BCUT2D eigenvalue weighted by Crippen LogP contribution is -2.15. The van der Waals surface area contributed by atoms with Gasteiger partial charge in [0.15, 0.2) is 5.76 Å². The van der Waals surface area contributed by atoms with E-state index in [1.165, 1.54) is 6.26 Å². The smallest absolute Gasteiger partial charge is 0.461 e. The van der Waals surface area contributed by atoms with E-state index in [1.807, 2.05) is 6.92 Å². The molecule has 0 saturated heterocycles. The molecule has 0 N–H and O–H groups in total. The van der Waals surface area contributed by atoms with E-state index in [-0.39, 0.29) is 17.3 Å². The standard InChI is InChI=1S/C16H12O6/c1-9-5-6-10-12(8-9)21-14(11-4-3-7-20-11)15(13(10)17)22-16(18)19-2/h3-8H,1-2H3. The summed E-state index contributed by atoms with van der Waals surface area (Å²) in [5.74, 6) is 0.0519. The lowest BCUT2D eigenvalue weighted by molar-refractivity contribution is 0.120. The van der Waals surface area contributed by atoms with Crippen molar-refractivity contribution in [2.75, 3.05) is 7.11 Å². The molecule has 0 amide bonds. The maximum Gasteiger partial charge on any atom is 0.513 e. The third-order valence-corrected chi connectivity index (χ3v) is 3.10. The summed E-state index contributed by atoms with van der Waals surface area (Å²) < 4.78 is 20.4. The van der Waals surface area contributed by atoms with Crippen molar-refractivity contribution in [1.82, 2.24) is 0 Å². The monoisotopic (exact) mass is 300 g/mol. The average molecular weight is 300 g/mol. The minimum absolute atomic E-state index is 0.0403. The number of aryl methyl sites for hydroxylation is 1. The van der Waals surface area contributed by atoms with Crippen LogP contribution < -0.4 is 10.2 Å². The third-order valence-electron chi connectivity index (χ3n) is 3.10. The Bertz CT molecular complexity index is 889. The summed E-state index contributed by atoms with van der Waals surface area (Å²) in [5.41, 5.74) is 0.842. The van der Waals surface area contributed by atoms with Gasteiger partial charge in [0, 0.05) is 0 Å². The molecule has 0 aliphatic rings. The molecule has 6 heteroatoms. The summed E-state index contributed by atoms with van der Waals surface area (Å²) in [5, 5.41) is 0.305. The van der Waals surface area contributed by atoms with E-state index in [4.69, 9.17) is 13.6 Å². The Morgan fingerprint density at radius 2 is 2.05 bits per heavy atom. The van der Waals surface area contributed by atoms with Crippen LogP contribution in [0.5, 0.6) is 5.75 Å². The van der Waals surface area contributed by atoms with E-state index < -0.39 is 11.6 Å². The zero-order chi connectivity index (χ0) is 15.7. The first-order valence-electron chi connectivity index (χ1n) is 6.47. The number of hydrogen-bond donors (Lipinski definition) is 0. The first-order chi connectivity index (χ1) is 10.6. The van der Waals surface area contributed by atoms with Gasteiger partial charge in [0.05, 0.1) is 18.8 Å². The van der Waals surface area contributed by atoms with Crippen LogP contribution in [0.2, 0.25) is 0 Å². The molecule has 6 nitrogen and oxygen atoms in total. The lowest BCUT2D eigenvalue weighted by atomic mass is 10.1. The number of fused-ring (bicyclic) bond motifs is 1. The predicted octanol–water partition coefficient (Wildman–Crippen LogP) is 3.51. The predicted molar refractivity (Wildman–Crippen MR) is 78.0 cm³/mol. The molecule has 112 valence electrons. The van der Waals surface area contributed by atoms with Crippen LogP contribution in [0, 0.1) is 6.92 Å². The highest BCUT2D eigenvalue weighted by atomic mass is 16.7. The minimum Gasteiger partial charge on any atom is -0.461 e. The Hall–Kier alpha value is -3.02. The van der Waals surface area contributed by atoms with Gasteiger partial charge in [0.25, 0.3) is 0 Å². The van der Waals surface area contributed by atoms with Gasteiger partial charge in [0.2, 0.25) is 16.9 Å². The third kappa shape index (κ3) is 2.35. The fraction of sp³-hybridized carbons (Fsp3) is 0.125. The molecule has 0 radical (unpaired) electrons. The Morgan fingerprint density at radius 1 is 1.23 bits per heavy atom. The molecule has 0 aliphatic heterocycles. The van der Waals surface area contributed by atoms with E-state index in [9.17, 15) is 9.59 Å². The van der Waals surface area contributed by atoms with Gasteiger partial charge in [-0.2, -0.15) is 0 Å². The molecule has 2 heterocycles. The Labute approximate surface area is 124 Å². The number of furan rings is 1. The number of hydrogen-bond acceptors (Lipinski definition) is 6. The first kappa shape index (κ1) is 13.9. The van der Waals surface area contributed by atoms with Gasteiger partial charge in [-0.1, -0.05) is 6.07 Å². The molecule has 3 rings (SSSR count). The lowest BCUT2D eigenvalue weighted by Gasteiger charge is -2.08. The Morgan fingerprint density at radius 3 is 2.73 bits per heavy atom. The number of carbonyl (C=O) groups is 1. The number of carbonyl (C=O) groups excluding carboxylic acids is 1. The van der Waals surface area contributed by atoms with Crippen LogP contribution in [-0.4, -0.2) is 13.3 Å². The summed E-state index contributed by atoms with van der Waals surface area (Å²) in [6, 6.07) is 8.35. The second kappa shape index (κ2) is 5.40. The zero-order valence-corrected chi connectivity index (χ0v) is 11.9. The molecule has 0 fully saturated rings. The van der Waals surface area contributed by atoms with Gasteiger partial charge in [-0.25, -0.2) is 4.79 Å². The molecule has 2 aromatic heterocycles. The van der Waals surface area contributed by atoms with Crippen molar-refractivity contribution in [1.29, 1.82) is 0 Å². The van der Waals surface area contributed by atoms with Crippen LogP contribution in [0.4, 0.5) is 4.79 Å². The van der Waals surface area contributed by atoms with Crippen molar-refractivity contribution >= 4 is 17.1 Å². The Balaban J connectivity index is 2.32. The van der Waals surface area contributed by atoms with Crippen LogP contribution in [0.25, 0.3) is 22.5 Å². The average Bonchev–Trinajstić information content (AvgIpc) is 3.03. The number of rotatable bonds is 2. The van der Waals surface area contributed by atoms with Crippen molar-refractivity contribution in [3.63, 3.8) is 0 Å². The van der Waals surface area contributed by atoms with Crippen molar-refractivity contribution in [2.24, 2.45) is 0 Å². The molecule has 0 saturated carbocycles. The fourth-order valence-corrected chi connectivity index (χ4v) is 2.07. The maximum atomic E-state index is 12.6. The van der Waals surface area contributed by atoms with Gasteiger partial charge in [-0.3, -0.25) is 4.79 Å². The quantitative estimate of drug-likeness (QED) is 0.674. The molecule has 0 spiro atoms. The zero-order valence-electron chi connectivity index (χ0n) is 11.9. The van der Waals surface area contributed by atoms with Gasteiger partial charge in [0.1, 0.15) is 5.58 Å². The highest BCUT2D eigenvalue weighted by Gasteiger charge is 2.22. The first-order valence-corrected chi connectivity index (χ1v) is 6.47. The van der Waals surface area contributed by atoms with Crippen LogP contribution in [-0.2, 0) is 4.74 Å². The van der Waals surface area contributed by atoms with Gasteiger partial charge in [-0.05, 0) is 36.8 Å². The molecule has 0 aliphatic carbocycles. The highest BCUT2D eigenvalue weighted by Crippen LogP contribution is 2.31. The second-order valence-electron chi connectivity index (χ2n) is 4.62. The molecule has 3 aromatic rings. The summed E-state index contributed by atoms with van der Waals surface area (Å²) >= 11 is 0. The summed E-state index contributed by atoms with van der Waals surface area (Å²) in [7, 11) is 1.15. The van der Waals surface area contributed by atoms with E-state index in [1.54, 1.807) is 30.3 Å². The largest absolute Gasteiger partial charge is 0.513 e. The van der Waals surface area contributed by atoms with Gasteiger partial charge >= 0.3 is 6.16 Å². The molecule has 0 unspecified atom stereocenters. The SMILES string of the molecule is COC(=O)Oc1c(-c2ccco2)oc2cc(C)ccc2c1=O. The van der Waals surface area contributed by atoms with E-state index >= 15 is 0 Å². The molecular weight excluding hydrogens is 288 g/mol. The van der Waals surface area contributed by atoms with Crippen LogP contribution >= 0.6 is 0 Å². The summed E-state index contributed by atoms with van der Waals surface area (Å²) in [6.07, 6.45) is 0.420. The van der Waals surface area contributed by atoms with Crippen LogP contribution in [0.15, 0.2) is 50.2 Å². The van der Waals surface area contributed by atoms with Crippen LogP contribution in [0.3, 0.4) is 0 Å². The highest BCUT2D eigenvalue weighted by molar-refractivity contribution is 5.83. The van der Waals surface area contributed by atoms with E-state index in [0.717, 1.165) is 12.7 Å². The normalized spacial score (nSPS) is 10.6. The second-order valence-corrected chi connectivity index (χ2v) is 4.62. The van der Waals surface area contributed by atoms with E-state index in [2.05, 4.69) is 4.74 Å².